The van der Waals surface area contributed by atoms with E-state index in [1.807, 2.05) is 12.1 Å². The first kappa shape index (κ1) is 11.8. The molecule has 0 spiro atoms. The quantitative estimate of drug-likeness (QED) is 0.447. The van der Waals surface area contributed by atoms with E-state index < -0.39 is 0 Å². The van der Waals surface area contributed by atoms with E-state index in [-0.39, 0.29) is 0 Å². The lowest BCUT2D eigenvalue weighted by atomic mass is 9.88. The molecule has 0 aliphatic rings. The van der Waals surface area contributed by atoms with Crippen molar-refractivity contribution in [2.45, 2.75) is 34.1 Å². The maximum atomic E-state index is 8.63. The van der Waals surface area contributed by atoms with Gasteiger partial charge in [0.15, 0.2) is 0 Å². The minimum Gasteiger partial charge on any atom is -0.411 e. The van der Waals surface area contributed by atoms with E-state index in [9.17, 15) is 0 Å². The molecule has 0 aliphatic carbocycles. The molecule has 0 saturated heterocycles. The Kier molecular flexibility index (Phi) is 3.51. The van der Waals surface area contributed by atoms with Crippen molar-refractivity contribution in [1.29, 1.82) is 0 Å². The summed E-state index contributed by atoms with van der Waals surface area (Å²) in [5, 5.41) is 11.8. The largest absolute Gasteiger partial charge is 0.411 e. The van der Waals surface area contributed by atoms with Gasteiger partial charge >= 0.3 is 0 Å². The zero-order chi connectivity index (χ0) is 11.5. The summed E-state index contributed by atoms with van der Waals surface area (Å²) in [5.74, 6) is 0. The second-order valence-electron chi connectivity index (χ2n) is 5.12. The molecule has 1 aromatic rings. The second kappa shape index (κ2) is 4.47. The Hall–Kier alpha value is -1.31. The third-order valence-corrected chi connectivity index (χ3v) is 2.26. The van der Waals surface area contributed by atoms with Crippen LogP contribution in [-0.4, -0.2) is 10.9 Å². The van der Waals surface area contributed by atoms with Crippen LogP contribution in [0.4, 0.5) is 0 Å². The lowest BCUT2D eigenvalue weighted by Gasteiger charge is -2.18. The number of oxime groups is 1. The first-order valence-electron chi connectivity index (χ1n) is 5.20. The van der Waals surface area contributed by atoms with Crippen LogP contribution in [-0.2, 0) is 6.42 Å². The monoisotopic (exact) mass is 205 g/mol. The number of hydrogen-bond acceptors (Lipinski definition) is 2. The zero-order valence-corrected chi connectivity index (χ0v) is 9.91. The first-order chi connectivity index (χ1) is 6.92. The van der Waals surface area contributed by atoms with Crippen LogP contribution in [0.3, 0.4) is 0 Å². The van der Waals surface area contributed by atoms with E-state index >= 15 is 0 Å². The molecule has 0 radical (unpaired) electrons. The summed E-state index contributed by atoms with van der Waals surface area (Å²) in [7, 11) is 0. The highest BCUT2D eigenvalue weighted by Crippen LogP contribution is 2.20. The van der Waals surface area contributed by atoms with Crippen LogP contribution in [0.1, 0.15) is 38.8 Å². The Labute approximate surface area is 91.6 Å². The normalized spacial score (nSPS) is 12.9. The Morgan fingerprint density at radius 3 is 2.13 bits per heavy atom. The summed E-state index contributed by atoms with van der Waals surface area (Å²) in [6, 6.07) is 8.18. The molecule has 0 amide bonds. The van der Waals surface area contributed by atoms with Crippen LogP contribution in [0.25, 0.3) is 0 Å². The summed E-state index contributed by atoms with van der Waals surface area (Å²) in [4.78, 5) is 0. The van der Waals surface area contributed by atoms with Crippen LogP contribution in [0.5, 0.6) is 0 Å². The molecule has 0 aromatic heterocycles. The van der Waals surface area contributed by atoms with Crippen molar-refractivity contribution in [1.82, 2.24) is 0 Å². The average Bonchev–Trinajstić information content (AvgIpc) is 2.15. The Morgan fingerprint density at radius 2 is 1.73 bits per heavy atom. The van der Waals surface area contributed by atoms with E-state index in [0.717, 1.165) is 12.0 Å². The van der Waals surface area contributed by atoms with Crippen molar-refractivity contribution >= 4 is 5.71 Å². The van der Waals surface area contributed by atoms with Gasteiger partial charge in [0.05, 0.1) is 5.71 Å². The van der Waals surface area contributed by atoms with Crippen molar-refractivity contribution in [3.63, 3.8) is 0 Å². The van der Waals surface area contributed by atoms with Gasteiger partial charge in [-0.15, -0.1) is 0 Å². The molecule has 0 fully saturated rings. The number of benzene rings is 1. The van der Waals surface area contributed by atoms with Crippen molar-refractivity contribution in [2.75, 3.05) is 0 Å². The van der Waals surface area contributed by atoms with Gasteiger partial charge < -0.3 is 5.21 Å². The van der Waals surface area contributed by atoms with E-state index in [4.69, 9.17) is 5.21 Å². The Bertz CT molecular complexity index is 344. The van der Waals surface area contributed by atoms with Gasteiger partial charge in [-0.25, -0.2) is 0 Å². The van der Waals surface area contributed by atoms with Gasteiger partial charge in [-0.05, 0) is 29.9 Å². The molecule has 2 nitrogen and oxygen atoms in total. The van der Waals surface area contributed by atoms with Crippen LogP contribution in [0.2, 0.25) is 0 Å². The second-order valence-corrected chi connectivity index (χ2v) is 5.12. The summed E-state index contributed by atoms with van der Waals surface area (Å²) in [6.45, 7) is 8.46. The lowest BCUT2D eigenvalue weighted by Crippen LogP contribution is -2.09. The van der Waals surface area contributed by atoms with Gasteiger partial charge in [-0.3, -0.25) is 0 Å². The topological polar surface area (TPSA) is 32.6 Å². The Balaban J connectivity index is 2.82. The fourth-order valence-corrected chi connectivity index (χ4v) is 1.53. The molecular formula is C13H19NO. The summed E-state index contributed by atoms with van der Waals surface area (Å²) in [5.41, 5.74) is 3.24. The molecule has 1 N–H and O–H groups in total. The maximum Gasteiger partial charge on any atom is 0.0836 e. The van der Waals surface area contributed by atoms with Gasteiger partial charge in [-0.1, -0.05) is 50.2 Å². The number of rotatable bonds is 2. The van der Waals surface area contributed by atoms with Gasteiger partial charge in [0.1, 0.15) is 0 Å². The van der Waals surface area contributed by atoms with Crippen LogP contribution in [0, 0.1) is 5.41 Å². The predicted octanol–water partition coefficient (Wildman–Crippen LogP) is 3.47. The van der Waals surface area contributed by atoms with E-state index in [1.54, 1.807) is 6.92 Å². The molecule has 0 bridgehead atoms. The minimum atomic E-state index is 0.307. The number of hydrogen-bond donors (Lipinski definition) is 1. The average molecular weight is 205 g/mol. The zero-order valence-electron chi connectivity index (χ0n) is 9.91. The maximum absolute atomic E-state index is 8.63. The molecular weight excluding hydrogens is 186 g/mol. The molecule has 1 aromatic carbocycles. The number of nitrogens with zero attached hydrogens (tertiary/aromatic N) is 1. The van der Waals surface area contributed by atoms with Crippen molar-refractivity contribution in [3.05, 3.63) is 35.4 Å². The van der Waals surface area contributed by atoms with Gasteiger partial charge in [0.25, 0.3) is 0 Å². The smallest absolute Gasteiger partial charge is 0.0836 e. The van der Waals surface area contributed by atoms with Gasteiger partial charge in [-0.2, -0.15) is 0 Å². The Morgan fingerprint density at radius 1 is 1.20 bits per heavy atom. The predicted molar refractivity (Wildman–Crippen MR) is 63.6 cm³/mol. The highest BCUT2D eigenvalue weighted by Gasteiger charge is 2.10. The fourth-order valence-electron chi connectivity index (χ4n) is 1.53. The van der Waals surface area contributed by atoms with Crippen molar-refractivity contribution < 1.29 is 5.21 Å². The standard InChI is InChI=1S/C13H19NO/c1-10(14-15)12-7-5-11(6-8-12)9-13(2,3)4/h5-8,15H,9H2,1-4H3/b14-10-. The first-order valence-corrected chi connectivity index (χ1v) is 5.20. The van der Waals surface area contributed by atoms with E-state index in [2.05, 4.69) is 38.1 Å². The SMILES string of the molecule is C/C(=N/O)c1ccc(CC(C)(C)C)cc1. The highest BCUT2D eigenvalue weighted by molar-refractivity contribution is 5.98. The summed E-state index contributed by atoms with van der Waals surface area (Å²) in [6.07, 6.45) is 1.06. The highest BCUT2D eigenvalue weighted by atomic mass is 16.4. The lowest BCUT2D eigenvalue weighted by molar-refractivity contribution is 0.319. The van der Waals surface area contributed by atoms with Crippen LogP contribution in [0.15, 0.2) is 29.4 Å². The molecule has 0 unspecified atom stereocenters. The molecule has 0 atom stereocenters. The van der Waals surface area contributed by atoms with Crippen LogP contribution >= 0.6 is 0 Å². The molecule has 15 heavy (non-hydrogen) atoms. The molecule has 0 heterocycles. The summed E-state index contributed by atoms with van der Waals surface area (Å²) < 4.78 is 0. The van der Waals surface area contributed by atoms with Gasteiger partial charge in [0, 0.05) is 0 Å². The van der Waals surface area contributed by atoms with Crippen molar-refractivity contribution in [3.8, 4) is 0 Å². The van der Waals surface area contributed by atoms with Crippen LogP contribution < -0.4 is 0 Å². The van der Waals surface area contributed by atoms with Crippen molar-refractivity contribution in [2.24, 2.45) is 10.6 Å². The molecule has 0 saturated carbocycles. The third-order valence-electron chi connectivity index (χ3n) is 2.26. The minimum absolute atomic E-state index is 0.307. The van der Waals surface area contributed by atoms with E-state index in [0.29, 0.717) is 11.1 Å². The van der Waals surface area contributed by atoms with E-state index in [1.165, 1.54) is 5.56 Å². The summed E-state index contributed by atoms with van der Waals surface area (Å²) >= 11 is 0. The van der Waals surface area contributed by atoms with Gasteiger partial charge in [0.2, 0.25) is 0 Å². The molecule has 2 heteroatoms. The molecule has 82 valence electrons. The fraction of sp³-hybridized carbons (Fsp3) is 0.462. The molecule has 1 rings (SSSR count). The molecule has 0 aliphatic heterocycles. The third kappa shape index (κ3) is 3.74.